The summed E-state index contributed by atoms with van der Waals surface area (Å²) in [6.07, 6.45) is 1.54. The van der Waals surface area contributed by atoms with Gasteiger partial charge in [-0.15, -0.1) is 0 Å². The summed E-state index contributed by atoms with van der Waals surface area (Å²) in [7, 11) is 3.20. The van der Waals surface area contributed by atoms with Crippen molar-refractivity contribution in [2.45, 2.75) is 6.54 Å². The van der Waals surface area contributed by atoms with Gasteiger partial charge in [-0.3, -0.25) is 0 Å². The van der Waals surface area contributed by atoms with E-state index in [1.807, 2.05) is 12.1 Å². The van der Waals surface area contributed by atoms with Gasteiger partial charge in [0.1, 0.15) is 23.5 Å². The lowest BCUT2D eigenvalue weighted by atomic mass is 10.1. The molecule has 1 aromatic heterocycles. The zero-order valence-corrected chi connectivity index (χ0v) is 9.77. The molecule has 90 valence electrons. The number of hydrogen-bond donors (Lipinski definition) is 1. The highest BCUT2D eigenvalue weighted by Crippen LogP contribution is 2.34. The van der Waals surface area contributed by atoms with Crippen molar-refractivity contribution in [1.29, 1.82) is 0 Å². The molecule has 0 unspecified atom stereocenters. The van der Waals surface area contributed by atoms with E-state index >= 15 is 0 Å². The van der Waals surface area contributed by atoms with Gasteiger partial charge in [-0.05, 0) is 12.1 Å². The normalized spacial score (nSPS) is 10.3. The van der Waals surface area contributed by atoms with Crippen LogP contribution in [0, 0.1) is 0 Å². The van der Waals surface area contributed by atoms with Crippen molar-refractivity contribution in [3.63, 3.8) is 0 Å². The molecule has 0 saturated heterocycles. The van der Waals surface area contributed by atoms with Crippen molar-refractivity contribution in [3.8, 4) is 22.8 Å². The standard InChI is InChI=1S/C12H14N2O3/c1-15-9-3-4-10(11(5-9)16-2)12-8(6-13)7-17-14-12/h3-5,7H,6,13H2,1-2H3. The quantitative estimate of drug-likeness (QED) is 0.873. The molecule has 2 rings (SSSR count). The Morgan fingerprint density at radius 2 is 2.12 bits per heavy atom. The largest absolute Gasteiger partial charge is 0.497 e. The minimum Gasteiger partial charge on any atom is -0.497 e. The first-order chi connectivity index (χ1) is 8.30. The third-order valence-electron chi connectivity index (χ3n) is 2.53. The Morgan fingerprint density at radius 3 is 2.76 bits per heavy atom. The highest BCUT2D eigenvalue weighted by Gasteiger charge is 2.14. The molecule has 0 saturated carbocycles. The van der Waals surface area contributed by atoms with Gasteiger partial charge in [0.15, 0.2) is 0 Å². The first-order valence-corrected chi connectivity index (χ1v) is 5.16. The predicted octanol–water partition coefficient (Wildman–Crippen LogP) is 1.82. The Hall–Kier alpha value is -2.01. The number of nitrogens with zero attached hydrogens (tertiary/aromatic N) is 1. The predicted molar refractivity (Wildman–Crippen MR) is 62.9 cm³/mol. The van der Waals surface area contributed by atoms with Gasteiger partial charge in [0.2, 0.25) is 0 Å². The Balaban J connectivity index is 2.51. The van der Waals surface area contributed by atoms with Crippen LogP contribution in [0.1, 0.15) is 5.56 Å². The molecule has 0 spiro atoms. The van der Waals surface area contributed by atoms with Crippen LogP contribution >= 0.6 is 0 Å². The average Bonchev–Trinajstić information content (AvgIpc) is 2.85. The number of methoxy groups -OCH3 is 2. The SMILES string of the molecule is COc1ccc(-c2nocc2CN)c(OC)c1. The van der Waals surface area contributed by atoms with Gasteiger partial charge in [-0.1, -0.05) is 5.16 Å². The minimum absolute atomic E-state index is 0.369. The molecule has 0 atom stereocenters. The molecule has 0 aliphatic heterocycles. The molecule has 1 aromatic carbocycles. The lowest BCUT2D eigenvalue weighted by Gasteiger charge is -2.09. The zero-order chi connectivity index (χ0) is 12.3. The van der Waals surface area contributed by atoms with Crippen LogP contribution in [0.5, 0.6) is 11.5 Å². The molecule has 2 aromatic rings. The maximum absolute atomic E-state index is 5.61. The number of nitrogens with two attached hydrogens (primary N) is 1. The van der Waals surface area contributed by atoms with E-state index in [2.05, 4.69) is 5.16 Å². The highest BCUT2D eigenvalue weighted by molar-refractivity contribution is 5.70. The minimum atomic E-state index is 0.369. The van der Waals surface area contributed by atoms with Gasteiger partial charge in [0.05, 0.1) is 14.2 Å². The number of ether oxygens (including phenoxy) is 2. The van der Waals surface area contributed by atoms with Gasteiger partial charge in [0, 0.05) is 23.7 Å². The number of hydrogen-bond acceptors (Lipinski definition) is 5. The summed E-state index contributed by atoms with van der Waals surface area (Å²) in [4.78, 5) is 0. The van der Waals surface area contributed by atoms with Crippen LogP contribution in [0.4, 0.5) is 0 Å². The summed E-state index contributed by atoms with van der Waals surface area (Å²) >= 11 is 0. The fourth-order valence-electron chi connectivity index (χ4n) is 1.62. The van der Waals surface area contributed by atoms with Gasteiger partial charge in [0.25, 0.3) is 0 Å². The lowest BCUT2D eigenvalue weighted by Crippen LogP contribution is -1.98. The first kappa shape index (κ1) is 11.5. The number of rotatable bonds is 4. The molecule has 0 radical (unpaired) electrons. The molecular formula is C12H14N2O3. The van der Waals surface area contributed by atoms with Crippen LogP contribution in [0.25, 0.3) is 11.3 Å². The lowest BCUT2D eigenvalue weighted by molar-refractivity contribution is 0.394. The molecule has 0 bridgehead atoms. The van der Waals surface area contributed by atoms with Crippen molar-refractivity contribution in [3.05, 3.63) is 30.0 Å². The van der Waals surface area contributed by atoms with Crippen molar-refractivity contribution in [2.75, 3.05) is 14.2 Å². The summed E-state index contributed by atoms with van der Waals surface area (Å²) < 4.78 is 15.4. The van der Waals surface area contributed by atoms with Crippen LogP contribution in [-0.4, -0.2) is 19.4 Å². The summed E-state index contributed by atoms with van der Waals surface area (Å²) in [5.41, 5.74) is 7.99. The van der Waals surface area contributed by atoms with Crippen LogP contribution in [-0.2, 0) is 6.54 Å². The molecule has 0 aliphatic rings. The second-order valence-electron chi connectivity index (χ2n) is 3.46. The van der Waals surface area contributed by atoms with E-state index in [4.69, 9.17) is 19.7 Å². The monoisotopic (exact) mass is 234 g/mol. The van der Waals surface area contributed by atoms with Crippen LogP contribution < -0.4 is 15.2 Å². The Morgan fingerprint density at radius 1 is 1.29 bits per heavy atom. The van der Waals surface area contributed by atoms with E-state index in [1.54, 1.807) is 26.5 Å². The Labute approximate surface area is 99.1 Å². The van der Waals surface area contributed by atoms with E-state index < -0.39 is 0 Å². The maximum Gasteiger partial charge on any atom is 0.132 e. The molecule has 0 amide bonds. The molecule has 2 N–H and O–H groups in total. The smallest absolute Gasteiger partial charge is 0.132 e. The van der Waals surface area contributed by atoms with E-state index in [9.17, 15) is 0 Å². The average molecular weight is 234 g/mol. The van der Waals surface area contributed by atoms with Gasteiger partial charge >= 0.3 is 0 Å². The highest BCUT2D eigenvalue weighted by atomic mass is 16.5. The van der Waals surface area contributed by atoms with Crippen LogP contribution in [0.2, 0.25) is 0 Å². The van der Waals surface area contributed by atoms with E-state index in [1.165, 1.54) is 0 Å². The van der Waals surface area contributed by atoms with Crippen LogP contribution in [0.3, 0.4) is 0 Å². The van der Waals surface area contributed by atoms with E-state index in [0.717, 1.165) is 16.9 Å². The third kappa shape index (κ3) is 2.09. The second kappa shape index (κ2) is 4.88. The summed E-state index contributed by atoms with van der Waals surface area (Å²) in [5.74, 6) is 1.40. The molecule has 5 nitrogen and oxygen atoms in total. The van der Waals surface area contributed by atoms with Crippen molar-refractivity contribution >= 4 is 0 Å². The molecular weight excluding hydrogens is 220 g/mol. The van der Waals surface area contributed by atoms with Gasteiger partial charge in [-0.25, -0.2) is 0 Å². The van der Waals surface area contributed by atoms with E-state index in [0.29, 0.717) is 18.0 Å². The number of benzene rings is 1. The summed E-state index contributed by atoms with van der Waals surface area (Å²) in [6, 6.07) is 5.51. The Kier molecular flexibility index (Phi) is 3.30. The molecule has 17 heavy (non-hydrogen) atoms. The second-order valence-corrected chi connectivity index (χ2v) is 3.46. The number of aromatic nitrogens is 1. The zero-order valence-electron chi connectivity index (χ0n) is 9.77. The fraction of sp³-hybridized carbons (Fsp3) is 0.250. The topological polar surface area (TPSA) is 70.5 Å². The van der Waals surface area contributed by atoms with E-state index in [-0.39, 0.29) is 0 Å². The molecule has 0 fully saturated rings. The van der Waals surface area contributed by atoms with Crippen molar-refractivity contribution < 1.29 is 14.0 Å². The van der Waals surface area contributed by atoms with Crippen LogP contribution in [0.15, 0.2) is 29.0 Å². The van der Waals surface area contributed by atoms with Crippen molar-refractivity contribution in [1.82, 2.24) is 5.16 Å². The van der Waals surface area contributed by atoms with Gasteiger partial charge in [-0.2, -0.15) is 0 Å². The third-order valence-corrected chi connectivity index (χ3v) is 2.53. The first-order valence-electron chi connectivity index (χ1n) is 5.16. The fourth-order valence-corrected chi connectivity index (χ4v) is 1.62. The van der Waals surface area contributed by atoms with Crippen molar-refractivity contribution in [2.24, 2.45) is 5.73 Å². The molecule has 5 heteroatoms. The van der Waals surface area contributed by atoms with Gasteiger partial charge < -0.3 is 19.7 Å². The molecule has 1 heterocycles. The maximum atomic E-state index is 5.61. The molecule has 0 aliphatic carbocycles. The summed E-state index contributed by atoms with van der Waals surface area (Å²) in [6.45, 7) is 0.369. The summed E-state index contributed by atoms with van der Waals surface area (Å²) in [5, 5.41) is 3.95. The Bertz CT molecular complexity index is 508.